The zero-order valence-electron chi connectivity index (χ0n) is 10.3. The fourth-order valence-corrected chi connectivity index (χ4v) is 1.67. The first-order valence-electron chi connectivity index (χ1n) is 5.51. The van der Waals surface area contributed by atoms with E-state index in [2.05, 4.69) is 5.10 Å². The number of rotatable bonds is 3. The molecule has 0 saturated carbocycles. The van der Waals surface area contributed by atoms with Crippen LogP contribution >= 0.6 is 0 Å². The number of aryl methyl sites for hydroxylation is 1. The van der Waals surface area contributed by atoms with Crippen molar-refractivity contribution in [3.8, 4) is 11.5 Å². The van der Waals surface area contributed by atoms with Gasteiger partial charge < -0.3 is 9.84 Å². The van der Waals surface area contributed by atoms with E-state index in [1.165, 1.54) is 10.7 Å². The molecule has 1 aromatic carbocycles. The molecule has 0 atom stereocenters. The van der Waals surface area contributed by atoms with Crippen molar-refractivity contribution in [1.29, 1.82) is 0 Å². The van der Waals surface area contributed by atoms with Crippen LogP contribution in [0.2, 0.25) is 0 Å². The molecule has 0 spiro atoms. The molecule has 2 rings (SSSR count). The minimum Gasteiger partial charge on any atom is -0.503 e. The molecule has 0 radical (unpaired) electrons. The predicted molar refractivity (Wildman–Crippen MR) is 67.0 cm³/mol. The van der Waals surface area contributed by atoms with Gasteiger partial charge in [-0.3, -0.25) is 4.79 Å². The van der Waals surface area contributed by atoms with Crippen molar-refractivity contribution in [1.82, 2.24) is 9.78 Å². The molecular formula is C13H14N2O3. The standard InChI is InChI=1S/C13H14N2O3/c1-9-7-12(16)13(17)15(14-9)8-10-3-5-11(18-2)6-4-10/h3-7,16H,8H2,1-2H3. The summed E-state index contributed by atoms with van der Waals surface area (Å²) in [4.78, 5) is 11.7. The van der Waals surface area contributed by atoms with Crippen LogP contribution in [0.25, 0.3) is 0 Å². The summed E-state index contributed by atoms with van der Waals surface area (Å²) in [5, 5.41) is 13.5. The molecular weight excluding hydrogens is 232 g/mol. The Morgan fingerprint density at radius 2 is 2.00 bits per heavy atom. The highest BCUT2D eigenvalue weighted by Crippen LogP contribution is 2.12. The third-order valence-electron chi connectivity index (χ3n) is 2.57. The van der Waals surface area contributed by atoms with Crippen molar-refractivity contribution >= 4 is 0 Å². The van der Waals surface area contributed by atoms with Gasteiger partial charge in [0, 0.05) is 6.07 Å². The summed E-state index contributed by atoms with van der Waals surface area (Å²) >= 11 is 0. The lowest BCUT2D eigenvalue weighted by molar-refractivity contribution is 0.414. The average molecular weight is 246 g/mol. The molecule has 2 aromatic rings. The summed E-state index contributed by atoms with van der Waals surface area (Å²) in [5.41, 5.74) is 1.02. The van der Waals surface area contributed by atoms with E-state index in [4.69, 9.17) is 4.74 Å². The van der Waals surface area contributed by atoms with Crippen molar-refractivity contribution in [3.63, 3.8) is 0 Å². The molecule has 0 aliphatic carbocycles. The molecule has 18 heavy (non-hydrogen) atoms. The fraction of sp³-hybridized carbons (Fsp3) is 0.231. The first kappa shape index (κ1) is 12.2. The lowest BCUT2D eigenvalue weighted by Gasteiger charge is -2.07. The quantitative estimate of drug-likeness (QED) is 0.887. The van der Waals surface area contributed by atoms with Gasteiger partial charge in [0.1, 0.15) is 5.75 Å². The Kier molecular flexibility index (Phi) is 3.32. The monoisotopic (exact) mass is 246 g/mol. The van der Waals surface area contributed by atoms with Crippen molar-refractivity contribution < 1.29 is 9.84 Å². The van der Waals surface area contributed by atoms with Crippen LogP contribution in [0.1, 0.15) is 11.3 Å². The van der Waals surface area contributed by atoms with E-state index in [1.54, 1.807) is 14.0 Å². The van der Waals surface area contributed by atoms with E-state index in [1.807, 2.05) is 24.3 Å². The lowest BCUT2D eigenvalue weighted by atomic mass is 10.2. The number of aromatic hydroxyl groups is 1. The maximum atomic E-state index is 11.7. The first-order chi connectivity index (χ1) is 8.60. The van der Waals surface area contributed by atoms with Crippen LogP contribution in [-0.4, -0.2) is 22.0 Å². The van der Waals surface area contributed by atoms with Crippen LogP contribution in [0.3, 0.4) is 0 Å². The Bertz CT molecular complexity index is 603. The highest BCUT2D eigenvalue weighted by Gasteiger charge is 2.05. The molecule has 0 bridgehead atoms. The number of hydrogen-bond donors (Lipinski definition) is 1. The zero-order chi connectivity index (χ0) is 13.1. The van der Waals surface area contributed by atoms with Gasteiger partial charge in [0.05, 0.1) is 19.3 Å². The molecule has 1 aromatic heterocycles. The molecule has 0 aliphatic rings. The zero-order valence-corrected chi connectivity index (χ0v) is 10.3. The molecule has 1 N–H and O–H groups in total. The first-order valence-corrected chi connectivity index (χ1v) is 5.51. The van der Waals surface area contributed by atoms with Crippen LogP contribution < -0.4 is 10.3 Å². The van der Waals surface area contributed by atoms with Crippen molar-refractivity contribution in [3.05, 3.63) is 51.9 Å². The molecule has 0 aliphatic heterocycles. The molecule has 5 heteroatoms. The van der Waals surface area contributed by atoms with E-state index in [0.29, 0.717) is 12.2 Å². The van der Waals surface area contributed by atoms with Crippen molar-refractivity contribution in [2.45, 2.75) is 13.5 Å². The minimum absolute atomic E-state index is 0.281. The molecule has 5 nitrogen and oxygen atoms in total. The van der Waals surface area contributed by atoms with Gasteiger partial charge in [0.25, 0.3) is 0 Å². The van der Waals surface area contributed by atoms with Gasteiger partial charge in [-0.25, -0.2) is 4.68 Å². The summed E-state index contributed by atoms with van der Waals surface area (Å²) in [6.07, 6.45) is 0. The van der Waals surface area contributed by atoms with Gasteiger partial charge in [0.15, 0.2) is 5.75 Å². The Hall–Kier alpha value is -2.30. The summed E-state index contributed by atoms with van der Waals surface area (Å²) < 4.78 is 6.30. The lowest BCUT2D eigenvalue weighted by Crippen LogP contribution is -2.23. The number of benzene rings is 1. The van der Waals surface area contributed by atoms with Crippen LogP contribution in [0.5, 0.6) is 11.5 Å². The molecule has 0 amide bonds. The highest BCUT2D eigenvalue weighted by atomic mass is 16.5. The van der Waals surface area contributed by atoms with Crippen molar-refractivity contribution in [2.75, 3.05) is 7.11 Å². The van der Waals surface area contributed by atoms with Crippen molar-refractivity contribution in [2.24, 2.45) is 0 Å². The van der Waals surface area contributed by atoms with Gasteiger partial charge in [-0.05, 0) is 24.6 Å². The van der Waals surface area contributed by atoms with Gasteiger partial charge >= 0.3 is 5.56 Å². The second-order valence-corrected chi connectivity index (χ2v) is 3.98. The second kappa shape index (κ2) is 4.91. The maximum absolute atomic E-state index is 11.7. The van der Waals surface area contributed by atoms with Crippen LogP contribution in [0.15, 0.2) is 35.1 Å². The summed E-state index contributed by atoms with van der Waals surface area (Å²) in [5.74, 6) is 0.474. The molecule has 0 fully saturated rings. The fourth-order valence-electron chi connectivity index (χ4n) is 1.67. The highest BCUT2D eigenvalue weighted by molar-refractivity contribution is 5.27. The van der Waals surface area contributed by atoms with Gasteiger partial charge in [-0.2, -0.15) is 5.10 Å². The number of ether oxygens (including phenoxy) is 1. The number of hydrogen-bond acceptors (Lipinski definition) is 4. The number of aromatic nitrogens is 2. The molecule has 0 unspecified atom stereocenters. The van der Waals surface area contributed by atoms with E-state index < -0.39 is 5.56 Å². The van der Waals surface area contributed by atoms with Gasteiger partial charge in [-0.1, -0.05) is 12.1 Å². The van der Waals surface area contributed by atoms with E-state index in [-0.39, 0.29) is 5.75 Å². The Morgan fingerprint density at radius 3 is 2.61 bits per heavy atom. The van der Waals surface area contributed by atoms with Crippen LogP contribution in [0.4, 0.5) is 0 Å². The van der Waals surface area contributed by atoms with E-state index >= 15 is 0 Å². The third kappa shape index (κ3) is 2.51. The molecule has 0 saturated heterocycles. The summed E-state index contributed by atoms with van der Waals surface area (Å²) in [6.45, 7) is 2.04. The number of methoxy groups -OCH3 is 1. The Labute approximate surface area is 104 Å². The van der Waals surface area contributed by atoms with Crippen LogP contribution in [-0.2, 0) is 6.54 Å². The SMILES string of the molecule is COc1ccc(Cn2nc(C)cc(O)c2=O)cc1. The van der Waals surface area contributed by atoms with E-state index in [9.17, 15) is 9.90 Å². The average Bonchev–Trinajstić information content (AvgIpc) is 2.36. The second-order valence-electron chi connectivity index (χ2n) is 3.98. The number of nitrogens with zero attached hydrogens (tertiary/aromatic N) is 2. The van der Waals surface area contributed by atoms with E-state index in [0.717, 1.165) is 11.3 Å². The Balaban J connectivity index is 2.31. The normalized spacial score (nSPS) is 10.3. The molecule has 94 valence electrons. The van der Waals surface area contributed by atoms with Gasteiger partial charge in [-0.15, -0.1) is 0 Å². The predicted octanol–water partition coefficient (Wildman–Crippen LogP) is 1.31. The maximum Gasteiger partial charge on any atom is 0.309 e. The summed E-state index contributed by atoms with van der Waals surface area (Å²) in [7, 11) is 1.60. The topological polar surface area (TPSA) is 64.3 Å². The van der Waals surface area contributed by atoms with Crippen LogP contribution in [0, 0.1) is 6.92 Å². The minimum atomic E-state index is -0.489. The Morgan fingerprint density at radius 1 is 1.33 bits per heavy atom. The summed E-state index contributed by atoms with van der Waals surface area (Å²) in [6, 6.07) is 8.69. The van der Waals surface area contributed by atoms with Gasteiger partial charge in [0.2, 0.25) is 0 Å². The largest absolute Gasteiger partial charge is 0.503 e. The molecule has 1 heterocycles. The third-order valence-corrected chi connectivity index (χ3v) is 2.57. The smallest absolute Gasteiger partial charge is 0.309 e.